The monoisotopic (exact) mass is 280 g/mol. The maximum Gasteiger partial charge on any atom is 0.185 e. The molecule has 2 aromatic rings. The maximum absolute atomic E-state index is 13.5. The van der Waals surface area contributed by atoms with Gasteiger partial charge >= 0.3 is 0 Å². The van der Waals surface area contributed by atoms with Gasteiger partial charge in [-0.2, -0.15) is 0 Å². The van der Waals surface area contributed by atoms with Gasteiger partial charge in [0.25, 0.3) is 0 Å². The fourth-order valence-electron chi connectivity index (χ4n) is 2.10. The van der Waals surface area contributed by atoms with Crippen LogP contribution >= 0.6 is 11.3 Å². The molecule has 2 heterocycles. The van der Waals surface area contributed by atoms with Crippen LogP contribution in [0.5, 0.6) is 0 Å². The number of halogens is 2. The normalized spacial score (nSPS) is 19.3. The number of Topliss-reactive ketones (excluding diaryl/α,β-unsaturated/α-hetero) is 1. The van der Waals surface area contributed by atoms with Gasteiger partial charge in [-0.3, -0.25) is 9.79 Å². The molecule has 0 bridgehead atoms. The molecular formula is C13H10F2N2OS. The summed E-state index contributed by atoms with van der Waals surface area (Å²) in [7, 11) is 0. The molecule has 0 aliphatic carbocycles. The highest BCUT2D eigenvalue weighted by atomic mass is 32.1. The molecule has 98 valence electrons. The first-order chi connectivity index (χ1) is 9.15. The highest BCUT2D eigenvalue weighted by molar-refractivity contribution is 7.18. The summed E-state index contributed by atoms with van der Waals surface area (Å²) in [5, 5.41) is 0.660. The van der Waals surface area contributed by atoms with Crippen LogP contribution in [0.15, 0.2) is 17.1 Å². The summed E-state index contributed by atoms with van der Waals surface area (Å²) in [6, 6.07) is 2.61. The molecule has 3 rings (SSSR count). The lowest BCUT2D eigenvalue weighted by molar-refractivity contribution is -0.121. The average molecular weight is 280 g/mol. The third-order valence-electron chi connectivity index (χ3n) is 3.14. The Morgan fingerprint density at radius 3 is 3.00 bits per heavy atom. The van der Waals surface area contributed by atoms with Crippen LogP contribution in [0.3, 0.4) is 0 Å². The van der Waals surface area contributed by atoms with E-state index in [9.17, 15) is 13.6 Å². The van der Waals surface area contributed by atoms with Gasteiger partial charge in [-0.1, -0.05) is 0 Å². The minimum Gasteiger partial charge on any atom is -0.297 e. The third kappa shape index (κ3) is 2.28. The number of aliphatic imine (C=N–C) groups is 1. The van der Waals surface area contributed by atoms with Crippen molar-refractivity contribution in [3.8, 4) is 0 Å². The van der Waals surface area contributed by atoms with E-state index >= 15 is 0 Å². The van der Waals surface area contributed by atoms with E-state index in [0.717, 1.165) is 6.07 Å². The molecule has 1 aromatic carbocycles. The first-order valence-electron chi connectivity index (χ1n) is 5.89. The van der Waals surface area contributed by atoms with Gasteiger partial charge in [0.1, 0.15) is 5.52 Å². The second-order valence-electron chi connectivity index (χ2n) is 4.44. The predicted octanol–water partition coefficient (Wildman–Crippen LogP) is 2.78. The topological polar surface area (TPSA) is 42.3 Å². The lowest BCUT2D eigenvalue weighted by Gasteiger charge is -2.13. The summed E-state index contributed by atoms with van der Waals surface area (Å²) >= 11 is 1.30. The number of fused-ring (bicyclic) bond motifs is 1. The number of aromatic nitrogens is 1. The van der Waals surface area contributed by atoms with Crippen LogP contribution in [0.25, 0.3) is 10.2 Å². The molecule has 1 aliphatic heterocycles. The number of hydrogen-bond donors (Lipinski definition) is 0. The van der Waals surface area contributed by atoms with Gasteiger partial charge in [0.05, 0.1) is 16.3 Å². The zero-order valence-electron chi connectivity index (χ0n) is 9.90. The first-order valence-corrected chi connectivity index (χ1v) is 6.71. The van der Waals surface area contributed by atoms with E-state index in [4.69, 9.17) is 0 Å². The molecule has 0 N–H and O–H groups in total. The van der Waals surface area contributed by atoms with E-state index in [0.29, 0.717) is 22.5 Å². The Balaban J connectivity index is 1.91. The Morgan fingerprint density at radius 1 is 1.37 bits per heavy atom. The van der Waals surface area contributed by atoms with Crippen LogP contribution < -0.4 is 0 Å². The maximum atomic E-state index is 13.5. The van der Waals surface area contributed by atoms with Crippen LogP contribution in [-0.4, -0.2) is 23.5 Å². The average Bonchev–Trinajstić information content (AvgIpc) is 2.80. The quantitative estimate of drug-likeness (QED) is 0.849. The molecule has 0 fully saturated rings. The lowest BCUT2D eigenvalue weighted by atomic mass is 9.95. The van der Waals surface area contributed by atoms with Gasteiger partial charge in [0.2, 0.25) is 0 Å². The molecule has 0 saturated heterocycles. The van der Waals surface area contributed by atoms with Crippen molar-refractivity contribution in [3.05, 3.63) is 28.8 Å². The number of carbonyl (C=O) groups excluding carboxylic acids is 1. The Kier molecular flexibility index (Phi) is 3.10. The van der Waals surface area contributed by atoms with Crippen molar-refractivity contribution in [1.82, 2.24) is 4.98 Å². The SMILES string of the molecule is O=C1CN=CCC1Cc1nc2c(F)c(F)ccc2s1. The highest BCUT2D eigenvalue weighted by Gasteiger charge is 2.22. The smallest absolute Gasteiger partial charge is 0.185 e. The standard InChI is InChI=1S/C13H10F2N2OS/c14-8-1-2-10-13(12(8)15)17-11(19-10)5-7-3-4-16-6-9(7)18/h1-2,4,7H,3,5-6H2. The first kappa shape index (κ1) is 12.3. The predicted molar refractivity (Wildman–Crippen MR) is 69.7 cm³/mol. The number of carbonyl (C=O) groups is 1. The molecule has 6 heteroatoms. The van der Waals surface area contributed by atoms with Crippen LogP contribution in [0.4, 0.5) is 8.78 Å². The second kappa shape index (κ2) is 4.77. The minimum atomic E-state index is -0.920. The van der Waals surface area contributed by atoms with Crippen molar-refractivity contribution in [2.45, 2.75) is 12.8 Å². The molecule has 19 heavy (non-hydrogen) atoms. The molecule has 0 radical (unpaired) electrons. The number of rotatable bonds is 2. The van der Waals surface area contributed by atoms with E-state index in [2.05, 4.69) is 9.98 Å². The molecule has 0 spiro atoms. The van der Waals surface area contributed by atoms with Crippen molar-refractivity contribution in [2.24, 2.45) is 10.9 Å². The van der Waals surface area contributed by atoms with E-state index in [1.54, 1.807) is 6.21 Å². The largest absolute Gasteiger partial charge is 0.297 e. The van der Waals surface area contributed by atoms with Crippen LogP contribution in [-0.2, 0) is 11.2 Å². The van der Waals surface area contributed by atoms with Crippen molar-refractivity contribution < 1.29 is 13.6 Å². The fraction of sp³-hybridized carbons (Fsp3) is 0.308. The number of ketones is 1. The molecule has 1 aromatic heterocycles. The number of hydrogen-bond acceptors (Lipinski definition) is 4. The van der Waals surface area contributed by atoms with Gasteiger partial charge in [-0.05, 0) is 24.8 Å². The van der Waals surface area contributed by atoms with Gasteiger partial charge in [0.15, 0.2) is 17.4 Å². The summed E-state index contributed by atoms with van der Waals surface area (Å²) in [6.07, 6.45) is 2.79. The minimum absolute atomic E-state index is 0.0527. The molecule has 0 amide bonds. The number of thiazole rings is 1. The lowest BCUT2D eigenvalue weighted by Crippen LogP contribution is -2.23. The zero-order valence-corrected chi connectivity index (χ0v) is 10.7. The summed E-state index contributed by atoms with van der Waals surface area (Å²) in [4.78, 5) is 19.7. The van der Waals surface area contributed by atoms with E-state index in [1.165, 1.54) is 17.4 Å². The van der Waals surface area contributed by atoms with Crippen molar-refractivity contribution >= 4 is 33.6 Å². The zero-order chi connectivity index (χ0) is 13.4. The van der Waals surface area contributed by atoms with Gasteiger partial charge in [-0.25, -0.2) is 13.8 Å². The van der Waals surface area contributed by atoms with Crippen LogP contribution in [0.1, 0.15) is 11.4 Å². The Labute approximate surface area is 112 Å². The fourth-order valence-corrected chi connectivity index (χ4v) is 3.14. The van der Waals surface area contributed by atoms with E-state index in [-0.39, 0.29) is 23.8 Å². The van der Waals surface area contributed by atoms with Crippen LogP contribution in [0.2, 0.25) is 0 Å². The Morgan fingerprint density at radius 2 is 2.21 bits per heavy atom. The molecule has 3 nitrogen and oxygen atoms in total. The summed E-state index contributed by atoms with van der Waals surface area (Å²) < 4.78 is 27.2. The van der Waals surface area contributed by atoms with E-state index < -0.39 is 11.6 Å². The number of nitrogens with zero attached hydrogens (tertiary/aromatic N) is 2. The molecule has 1 aliphatic rings. The van der Waals surface area contributed by atoms with E-state index in [1.807, 2.05) is 0 Å². The summed E-state index contributed by atoms with van der Waals surface area (Å²) in [5.74, 6) is -1.89. The molecule has 1 atom stereocenters. The van der Waals surface area contributed by atoms with Gasteiger partial charge < -0.3 is 0 Å². The van der Waals surface area contributed by atoms with Crippen LogP contribution in [0, 0.1) is 17.6 Å². The van der Waals surface area contributed by atoms with Crippen molar-refractivity contribution in [1.29, 1.82) is 0 Å². The summed E-state index contributed by atoms with van der Waals surface area (Å²) in [6.45, 7) is 0.207. The summed E-state index contributed by atoms with van der Waals surface area (Å²) in [5.41, 5.74) is 0.0527. The number of benzene rings is 1. The Bertz CT molecular complexity index is 681. The van der Waals surface area contributed by atoms with Gasteiger partial charge in [-0.15, -0.1) is 11.3 Å². The third-order valence-corrected chi connectivity index (χ3v) is 4.18. The second-order valence-corrected chi connectivity index (χ2v) is 5.56. The Hall–Kier alpha value is -1.69. The van der Waals surface area contributed by atoms with Gasteiger partial charge in [0, 0.05) is 12.3 Å². The highest BCUT2D eigenvalue weighted by Crippen LogP contribution is 2.28. The molecule has 1 unspecified atom stereocenters. The molecular weight excluding hydrogens is 270 g/mol. The van der Waals surface area contributed by atoms with Crippen molar-refractivity contribution in [2.75, 3.05) is 6.54 Å². The van der Waals surface area contributed by atoms with Crippen molar-refractivity contribution in [3.63, 3.8) is 0 Å². The molecule has 0 saturated carbocycles.